The first-order valence-electron chi connectivity index (χ1n) is 4.83. The summed E-state index contributed by atoms with van der Waals surface area (Å²) in [6.07, 6.45) is 0. The van der Waals surface area contributed by atoms with Crippen LogP contribution in [-0.2, 0) is 11.3 Å². The van der Waals surface area contributed by atoms with E-state index in [4.69, 9.17) is 10.00 Å². The minimum absolute atomic E-state index is 0.142. The molecule has 0 aliphatic heterocycles. The zero-order valence-electron chi connectivity index (χ0n) is 8.31. The highest BCUT2D eigenvalue weighted by Crippen LogP contribution is 2.18. The van der Waals surface area contributed by atoms with Crippen molar-refractivity contribution in [2.75, 3.05) is 6.61 Å². The van der Waals surface area contributed by atoms with Crippen LogP contribution >= 0.6 is 0 Å². The van der Waals surface area contributed by atoms with E-state index in [9.17, 15) is 0 Å². The molecule has 2 aromatic carbocycles. The fraction of sp³-hybridized carbons (Fsp3) is 0.154. The predicted octanol–water partition coefficient (Wildman–Crippen LogP) is 2.88. The summed E-state index contributed by atoms with van der Waals surface area (Å²) >= 11 is 0. The molecule has 0 spiro atoms. The van der Waals surface area contributed by atoms with E-state index in [0.717, 1.165) is 5.56 Å². The van der Waals surface area contributed by atoms with Crippen molar-refractivity contribution in [2.45, 2.75) is 6.61 Å². The van der Waals surface area contributed by atoms with Crippen LogP contribution < -0.4 is 0 Å². The van der Waals surface area contributed by atoms with Gasteiger partial charge in [0, 0.05) is 0 Å². The van der Waals surface area contributed by atoms with Crippen LogP contribution in [0.4, 0.5) is 0 Å². The number of fused-ring (bicyclic) bond motifs is 1. The second kappa shape index (κ2) is 4.59. The van der Waals surface area contributed by atoms with Gasteiger partial charge in [-0.2, -0.15) is 5.26 Å². The van der Waals surface area contributed by atoms with E-state index in [1.54, 1.807) is 0 Å². The van der Waals surface area contributed by atoms with Crippen molar-refractivity contribution in [3.8, 4) is 6.07 Å². The molecule has 2 aromatic rings. The number of nitrogens with zero attached hydrogens (tertiary/aromatic N) is 1. The molecule has 2 heteroatoms. The number of hydrogen-bond acceptors (Lipinski definition) is 2. The monoisotopic (exact) mass is 197 g/mol. The lowest BCUT2D eigenvalue weighted by Gasteiger charge is -2.05. The average Bonchev–Trinajstić information content (AvgIpc) is 2.30. The van der Waals surface area contributed by atoms with Crippen molar-refractivity contribution in [1.82, 2.24) is 0 Å². The van der Waals surface area contributed by atoms with Gasteiger partial charge in [0.2, 0.25) is 0 Å². The van der Waals surface area contributed by atoms with Crippen molar-refractivity contribution < 1.29 is 4.74 Å². The molecular weight excluding hydrogens is 186 g/mol. The summed E-state index contributed by atoms with van der Waals surface area (Å²) in [5.74, 6) is 0. The van der Waals surface area contributed by atoms with E-state index in [1.165, 1.54) is 10.8 Å². The molecule has 0 fully saturated rings. The number of ether oxygens (including phenoxy) is 1. The lowest BCUT2D eigenvalue weighted by molar-refractivity contribution is 0.153. The highest BCUT2D eigenvalue weighted by Gasteiger charge is 1.99. The van der Waals surface area contributed by atoms with Crippen molar-refractivity contribution in [3.63, 3.8) is 0 Å². The molecule has 0 aliphatic carbocycles. The molecule has 0 radical (unpaired) electrons. The highest BCUT2D eigenvalue weighted by molar-refractivity contribution is 5.85. The van der Waals surface area contributed by atoms with Gasteiger partial charge in [0.1, 0.15) is 6.61 Å². The van der Waals surface area contributed by atoms with Crippen LogP contribution in [0.2, 0.25) is 0 Å². The van der Waals surface area contributed by atoms with Crippen LogP contribution in [0.15, 0.2) is 42.5 Å². The van der Waals surface area contributed by atoms with Gasteiger partial charge in [-0.05, 0) is 16.3 Å². The predicted molar refractivity (Wildman–Crippen MR) is 59.2 cm³/mol. The van der Waals surface area contributed by atoms with Gasteiger partial charge in [-0.25, -0.2) is 0 Å². The lowest BCUT2D eigenvalue weighted by atomic mass is 10.1. The third-order valence-electron chi connectivity index (χ3n) is 2.30. The maximum Gasteiger partial charge on any atom is 0.134 e. The summed E-state index contributed by atoms with van der Waals surface area (Å²) in [4.78, 5) is 0. The van der Waals surface area contributed by atoms with E-state index in [0.29, 0.717) is 6.61 Å². The van der Waals surface area contributed by atoms with Gasteiger partial charge in [0.25, 0.3) is 0 Å². The maximum atomic E-state index is 8.38. The molecule has 0 bridgehead atoms. The van der Waals surface area contributed by atoms with Gasteiger partial charge in [0.05, 0.1) is 12.7 Å². The summed E-state index contributed by atoms with van der Waals surface area (Å²) in [5, 5.41) is 10.8. The zero-order valence-corrected chi connectivity index (χ0v) is 8.31. The Morgan fingerprint density at radius 3 is 2.73 bits per heavy atom. The first kappa shape index (κ1) is 9.70. The molecule has 74 valence electrons. The Bertz CT molecular complexity index is 494. The summed E-state index contributed by atoms with van der Waals surface area (Å²) in [5.41, 5.74) is 1.13. The zero-order chi connectivity index (χ0) is 10.5. The number of benzene rings is 2. The summed E-state index contributed by atoms with van der Waals surface area (Å²) in [7, 11) is 0. The maximum absolute atomic E-state index is 8.38. The first-order chi connectivity index (χ1) is 7.42. The lowest BCUT2D eigenvalue weighted by Crippen LogP contribution is -1.93. The molecule has 0 saturated heterocycles. The first-order valence-corrected chi connectivity index (χ1v) is 4.83. The summed E-state index contributed by atoms with van der Waals surface area (Å²) in [6.45, 7) is 0.637. The summed E-state index contributed by atoms with van der Waals surface area (Å²) < 4.78 is 5.22. The Labute approximate surface area is 88.7 Å². The van der Waals surface area contributed by atoms with Gasteiger partial charge in [-0.15, -0.1) is 0 Å². The van der Waals surface area contributed by atoms with E-state index in [1.807, 2.05) is 30.3 Å². The highest BCUT2D eigenvalue weighted by atomic mass is 16.5. The van der Waals surface area contributed by atoms with E-state index < -0.39 is 0 Å². The molecule has 2 rings (SSSR count). The standard InChI is InChI=1S/C13H11NO/c14-8-9-15-10-12-6-3-5-11-4-1-2-7-13(11)12/h1-7H,9-10H2. The van der Waals surface area contributed by atoms with Crippen LogP contribution in [0.5, 0.6) is 0 Å². The second-order valence-corrected chi connectivity index (χ2v) is 3.29. The smallest absolute Gasteiger partial charge is 0.134 e. The fourth-order valence-corrected chi connectivity index (χ4v) is 1.62. The van der Waals surface area contributed by atoms with Gasteiger partial charge in [0.15, 0.2) is 0 Å². The van der Waals surface area contributed by atoms with Gasteiger partial charge >= 0.3 is 0 Å². The molecule has 0 aliphatic rings. The quantitative estimate of drug-likeness (QED) is 0.709. The van der Waals surface area contributed by atoms with Crippen LogP contribution in [0.1, 0.15) is 5.56 Å². The van der Waals surface area contributed by atoms with Crippen molar-refractivity contribution in [1.29, 1.82) is 5.26 Å². The van der Waals surface area contributed by atoms with E-state index in [-0.39, 0.29) is 6.61 Å². The van der Waals surface area contributed by atoms with Crippen molar-refractivity contribution in [2.24, 2.45) is 0 Å². The molecule has 0 N–H and O–H groups in total. The van der Waals surface area contributed by atoms with E-state index >= 15 is 0 Å². The summed E-state index contributed by atoms with van der Waals surface area (Å²) in [6, 6.07) is 16.2. The molecular formula is C13H11NO. The second-order valence-electron chi connectivity index (χ2n) is 3.29. The molecule has 0 unspecified atom stereocenters. The van der Waals surface area contributed by atoms with Crippen LogP contribution in [0, 0.1) is 11.3 Å². The largest absolute Gasteiger partial charge is 0.362 e. The molecule has 0 aromatic heterocycles. The van der Waals surface area contributed by atoms with E-state index in [2.05, 4.69) is 18.2 Å². The van der Waals surface area contributed by atoms with Gasteiger partial charge < -0.3 is 4.74 Å². The third-order valence-corrected chi connectivity index (χ3v) is 2.30. The fourth-order valence-electron chi connectivity index (χ4n) is 1.62. The molecule has 0 heterocycles. The number of nitriles is 1. The van der Waals surface area contributed by atoms with Crippen molar-refractivity contribution in [3.05, 3.63) is 48.0 Å². The van der Waals surface area contributed by atoms with Gasteiger partial charge in [-0.3, -0.25) is 0 Å². The Balaban J connectivity index is 2.31. The Kier molecular flexibility index (Phi) is 2.96. The number of hydrogen-bond donors (Lipinski definition) is 0. The average molecular weight is 197 g/mol. The van der Waals surface area contributed by atoms with Crippen LogP contribution in [0.3, 0.4) is 0 Å². The minimum Gasteiger partial charge on any atom is -0.362 e. The molecule has 0 atom stereocenters. The Morgan fingerprint density at radius 1 is 1.07 bits per heavy atom. The van der Waals surface area contributed by atoms with Crippen molar-refractivity contribution >= 4 is 10.8 Å². The van der Waals surface area contributed by atoms with Gasteiger partial charge in [-0.1, -0.05) is 42.5 Å². The normalized spacial score (nSPS) is 10.1. The SMILES string of the molecule is N#CCOCc1cccc2ccccc12. The molecule has 0 saturated carbocycles. The van der Waals surface area contributed by atoms with Crippen LogP contribution in [-0.4, -0.2) is 6.61 Å². The van der Waals surface area contributed by atoms with Crippen LogP contribution in [0.25, 0.3) is 10.8 Å². The molecule has 2 nitrogen and oxygen atoms in total. The molecule has 0 amide bonds. The third kappa shape index (κ3) is 2.15. The Hall–Kier alpha value is -1.85. The minimum atomic E-state index is 0.142. The number of rotatable bonds is 3. The topological polar surface area (TPSA) is 33.0 Å². The molecule has 15 heavy (non-hydrogen) atoms. The Morgan fingerprint density at radius 2 is 1.87 bits per heavy atom.